The van der Waals surface area contributed by atoms with Gasteiger partial charge in [-0.2, -0.15) is 15.5 Å². The van der Waals surface area contributed by atoms with E-state index >= 15 is 0 Å². The fourth-order valence-electron chi connectivity index (χ4n) is 3.33. The van der Waals surface area contributed by atoms with Crippen molar-refractivity contribution >= 4 is 0 Å². The minimum absolute atomic E-state index is 0.501. The molecule has 0 bridgehead atoms. The second-order valence-corrected chi connectivity index (χ2v) is 7.11. The van der Waals surface area contributed by atoms with Gasteiger partial charge in [-0.1, -0.05) is 0 Å². The number of hydrogen-bond acceptors (Lipinski definition) is 4. The van der Waals surface area contributed by atoms with Crippen molar-refractivity contribution in [2.24, 2.45) is 0 Å². The summed E-state index contributed by atoms with van der Waals surface area (Å²) >= 11 is 0. The van der Waals surface area contributed by atoms with E-state index in [-0.39, 0.29) is 0 Å². The molecule has 2 fully saturated rings. The van der Waals surface area contributed by atoms with Crippen molar-refractivity contribution in [2.75, 3.05) is 0 Å². The second kappa shape index (κ2) is 6.03. The number of aromatic amines is 1. The molecule has 0 aliphatic heterocycles. The van der Waals surface area contributed by atoms with Gasteiger partial charge in [0.1, 0.15) is 11.4 Å². The van der Waals surface area contributed by atoms with Gasteiger partial charge >= 0.3 is 0 Å². The van der Waals surface area contributed by atoms with Gasteiger partial charge in [0, 0.05) is 18.0 Å². The third kappa shape index (κ3) is 2.86. The summed E-state index contributed by atoms with van der Waals surface area (Å²) < 4.78 is 8.41. The number of ether oxygens (including phenoxy) is 1. The molecule has 3 aromatic rings. The van der Waals surface area contributed by atoms with E-state index in [1.54, 1.807) is 12.1 Å². The molecule has 0 atom stereocenters. The Hall–Kier alpha value is -3.07. The van der Waals surface area contributed by atoms with Gasteiger partial charge in [-0.05, 0) is 56.0 Å². The first kappa shape index (κ1) is 15.2. The summed E-state index contributed by atoms with van der Waals surface area (Å²) in [5, 5.41) is 21.1. The molecule has 2 aliphatic rings. The van der Waals surface area contributed by atoms with Crippen molar-refractivity contribution in [3.8, 4) is 17.6 Å². The molecule has 1 aromatic carbocycles. The molecule has 26 heavy (non-hydrogen) atoms. The second-order valence-electron chi connectivity index (χ2n) is 7.11. The Bertz CT molecular complexity index is 957. The molecule has 2 aliphatic carbocycles. The van der Waals surface area contributed by atoms with Gasteiger partial charge in [-0.15, -0.1) is 0 Å². The van der Waals surface area contributed by atoms with Crippen LogP contribution in [0.1, 0.15) is 60.2 Å². The van der Waals surface area contributed by atoms with Crippen LogP contribution in [0.5, 0.6) is 11.5 Å². The zero-order valence-electron chi connectivity index (χ0n) is 14.4. The van der Waals surface area contributed by atoms with Crippen LogP contribution >= 0.6 is 0 Å². The first-order chi connectivity index (χ1) is 12.8. The van der Waals surface area contributed by atoms with Gasteiger partial charge in [-0.3, -0.25) is 9.78 Å². The third-order valence-electron chi connectivity index (χ3n) is 4.97. The quantitative estimate of drug-likeness (QED) is 0.730. The van der Waals surface area contributed by atoms with E-state index < -0.39 is 0 Å². The van der Waals surface area contributed by atoms with Crippen LogP contribution in [0.15, 0.2) is 36.5 Å². The monoisotopic (exact) mass is 345 g/mol. The number of H-pyrrole nitrogens is 1. The van der Waals surface area contributed by atoms with Crippen LogP contribution in [0.25, 0.3) is 0 Å². The number of benzene rings is 1. The lowest BCUT2D eigenvalue weighted by molar-refractivity contribution is 0.468. The van der Waals surface area contributed by atoms with Crippen molar-refractivity contribution in [1.29, 1.82) is 5.26 Å². The first-order valence-corrected chi connectivity index (χ1v) is 9.09. The van der Waals surface area contributed by atoms with Crippen LogP contribution in [0, 0.1) is 11.3 Å². The third-order valence-corrected chi connectivity index (χ3v) is 4.97. The molecular formula is C20H19N5O. The average molecular weight is 345 g/mol. The van der Waals surface area contributed by atoms with E-state index in [0.717, 1.165) is 22.9 Å². The summed E-state index contributed by atoms with van der Waals surface area (Å²) in [6.07, 6.45) is 6.55. The summed E-state index contributed by atoms with van der Waals surface area (Å²) in [7, 11) is 0. The Labute approximate surface area is 151 Å². The standard InChI is InChI=1S/C20H19N5O/c21-11-13-1-7-17(8-2-13)26-20-18(14-3-4-14)24-25(19(20)15-5-6-15)12-16-9-10-22-23-16/h1-2,7-10,14-15H,3-6,12H2,(H,22,23). The minimum Gasteiger partial charge on any atom is -0.453 e. The van der Waals surface area contributed by atoms with Crippen LogP contribution < -0.4 is 4.74 Å². The van der Waals surface area contributed by atoms with Gasteiger partial charge in [0.05, 0.1) is 29.6 Å². The van der Waals surface area contributed by atoms with Gasteiger partial charge < -0.3 is 4.74 Å². The molecule has 2 heterocycles. The highest BCUT2D eigenvalue weighted by molar-refractivity contribution is 5.46. The average Bonchev–Trinajstić information content (AvgIpc) is 3.60. The molecule has 2 saturated carbocycles. The van der Waals surface area contributed by atoms with Crippen molar-refractivity contribution in [2.45, 2.75) is 44.1 Å². The Morgan fingerprint density at radius 2 is 1.88 bits per heavy atom. The number of hydrogen-bond donors (Lipinski definition) is 1. The van der Waals surface area contributed by atoms with Crippen LogP contribution in [0.4, 0.5) is 0 Å². The highest BCUT2D eigenvalue weighted by Gasteiger charge is 2.38. The van der Waals surface area contributed by atoms with Gasteiger partial charge in [0.2, 0.25) is 0 Å². The maximum absolute atomic E-state index is 8.98. The van der Waals surface area contributed by atoms with E-state index in [2.05, 4.69) is 20.9 Å². The van der Waals surface area contributed by atoms with Crippen LogP contribution in [-0.4, -0.2) is 20.0 Å². The molecule has 1 N–H and O–H groups in total. The lowest BCUT2D eigenvalue weighted by Crippen LogP contribution is -2.06. The molecule has 6 heteroatoms. The van der Waals surface area contributed by atoms with E-state index in [4.69, 9.17) is 15.1 Å². The maximum atomic E-state index is 8.98. The molecule has 0 saturated heterocycles. The fourth-order valence-corrected chi connectivity index (χ4v) is 3.33. The molecule has 2 aromatic heterocycles. The Morgan fingerprint density at radius 1 is 1.12 bits per heavy atom. The molecule has 5 rings (SSSR count). The summed E-state index contributed by atoms with van der Waals surface area (Å²) in [5.74, 6) is 2.70. The van der Waals surface area contributed by atoms with E-state index in [0.29, 0.717) is 23.9 Å². The number of nitrogens with zero attached hydrogens (tertiary/aromatic N) is 4. The lowest BCUT2D eigenvalue weighted by atomic mass is 10.2. The molecule has 0 radical (unpaired) electrons. The number of nitrogens with one attached hydrogen (secondary N) is 1. The normalized spacial score (nSPS) is 16.4. The smallest absolute Gasteiger partial charge is 0.172 e. The Kier molecular flexibility index (Phi) is 3.52. The van der Waals surface area contributed by atoms with Gasteiger partial charge in [0.15, 0.2) is 5.75 Å². The Balaban J connectivity index is 1.53. The molecule has 6 nitrogen and oxygen atoms in total. The zero-order chi connectivity index (χ0) is 17.5. The maximum Gasteiger partial charge on any atom is 0.172 e. The van der Waals surface area contributed by atoms with Crippen molar-refractivity contribution in [3.05, 3.63) is 59.2 Å². The van der Waals surface area contributed by atoms with Gasteiger partial charge in [-0.25, -0.2) is 0 Å². The van der Waals surface area contributed by atoms with Crippen LogP contribution in [0.3, 0.4) is 0 Å². The Morgan fingerprint density at radius 3 is 2.50 bits per heavy atom. The first-order valence-electron chi connectivity index (χ1n) is 9.09. The number of rotatable bonds is 6. The fraction of sp³-hybridized carbons (Fsp3) is 0.350. The van der Waals surface area contributed by atoms with Gasteiger partial charge in [0.25, 0.3) is 0 Å². The molecule has 0 unspecified atom stereocenters. The summed E-state index contributed by atoms with van der Waals surface area (Å²) in [6, 6.07) is 11.4. The SMILES string of the molecule is N#Cc1ccc(Oc2c(C3CC3)nn(Cc3cc[nH]n3)c2C2CC2)cc1. The van der Waals surface area contributed by atoms with Crippen LogP contribution in [0.2, 0.25) is 0 Å². The van der Waals surface area contributed by atoms with Crippen molar-refractivity contribution < 1.29 is 4.74 Å². The van der Waals surface area contributed by atoms with E-state index in [9.17, 15) is 0 Å². The predicted octanol–water partition coefficient (Wildman–Crippen LogP) is 4.07. The topological polar surface area (TPSA) is 79.5 Å². The summed E-state index contributed by atoms with van der Waals surface area (Å²) in [4.78, 5) is 0. The highest BCUT2D eigenvalue weighted by Crippen LogP contribution is 2.52. The van der Waals surface area contributed by atoms with Crippen molar-refractivity contribution in [1.82, 2.24) is 20.0 Å². The molecule has 0 spiro atoms. The van der Waals surface area contributed by atoms with Crippen LogP contribution in [-0.2, 0) is 6.54 Å². The molecule has 130 valence electrons. The van der Waals surface area contributed by atoms with E-state index in [1.807, 2.05) is 24.4 Å². The number of aromatic nitrogens is 4. The molecule has 0 amide bonds. The summed E-state index contributed by atoms with van der Waals surface area (Å²) in [5.41, 5.74) is 3.88. The minimum atomic E-state index is 0.501. The zero-order valence-corrected chi connectivity index (χ0v) is 14.4. The molecular weight excluding hydrogens is 326 g/mol. The largest absolute Gasteiger partial charge is 0.453 e. The van der Waals surface area contributed by atoms with Crippen molar-refractivity contribution in [3.63, 3.8) is 0 Å². The number of nitriles is 1. The summed E-state index contributed by atoms with van der Waals surface area (Å²) in [6.45, 7) is 0.659. The highest BCUT2D eigenvalue weighted by atomic mass is 16.5. The predicted molar refractivity (Wildman–Crippen MR) is 95.1 cm³/mol. The van der Waals surface area contributed by atoms with E-state index in [1.165, 1.54) is 31.4 Å². The lowest BCUT2D eigenvalue weighted by Gasteiger charge is -2.10.